The zero-order valence-electron chi connectivity index (χ0n) is 16.2. The van der Waals surface area contributed by atoms with Crippen molar-refractivity contribution in [2.75, 3.05) is 0 Å². The average molecular weight is 395 g/mol. The highest BCUT2D eigenvalue weighted by atomic mass is 19.1. The molecule has 0 radical (unpaired) electrons. The lowest BCUT2D eigenvalue weighted by Gasteiger charge is -2.33. The number of hydrogen-bond donors (Lipinski definition) is 0. The van der Waals surface area contributed by atoms with E-state index in [-0.39, 0.29) is 23.6 Å². The molecule has 0 N–H and O–H groups in total. The van der Waals surface area contributed by atoms with Crippen molar-refractivity contribution in [3.8, 4) is 0 Å². The van der Waals surface area contributed by atoms with Gasteiger partial charge in [-0.25, -0.2) is 8.78 Å². The molecule has 0 spiro atoms. The minimum absolute atomic E-state index is 0.0975. The number of fused-ring (bicyclic) bond motifs is 1. The second-order valence-corrected chi connectivity index (χ2v) is 7.46. The average Bonchev–Trinajstić information content (AvgIpc) is 2.80. The van der Waals surface area contributed by atoms with Crippen LogP contribution < -0.4 is 0 Å². The van der Waals surface area contributed by atoms with Gasteiger partial charge in [-0.15, -0.1) is 0 Å². The Balaban J connectivity index is 1.75. The van der Waals surface area contributed by atoms with E-state index >= 15 is 0 Å². The Bertz CT molecular complexity index is 1200. The predicted octanol–water partition coefficient (Wildman–Crippen LogP) is 6.69. The smallest absolute Gasteiger partial charge is 0.123 e. The molecule has 0 aromatic heterocycles. The molecule has 0 bridgehead atoms. The van der Waals surface area contributed by atoms with E-state index in [1.165, 1.54) is 24.3 Å². The molecule has 0 aliphatic carbocycles. The third-order valence-corrected chi connectivity index (χ3v) is 5.62. The maximum Gasteiger partial charge on any atom is 0.123 e. The van der Waals surface area contributed by atoms with Crippen LogP contribution in [0.2, 0.25) is 0 Å². The largest absolute Gasteiger partial charge is 0.275 e. The molecule has 2 atom stereocenters. The Labute approximate surface area is 174 Å². The van der Waals surface area contributed by atoms with Gasteiger partial charge in [0.1, 0.15) is 11.6 Å². The van der Waals surface area contributed by atoms with Gasteiger partial charge in [0.05, 0.1) is 11.8 Å². The molecular weight excluding hydrogens is 376 g/mol. The highest BCUT2D eigenvalue weighted by Gasteiger charge is 2.33. The molecule has 1 nitrogen and oxygen atoms in total. The second-order valence-electron chi connectivity index (χ2n) is 7.46. The van der Waals surface area contributed by atoms with Gasteiger partial charge < -0.3 is 0 Å². The fourth-order valence-corrected chi connectivity index (χ4v) is 4.22. The van der Waals surface area contributed by atoms with Crippen molar-refractivity contribution in [1.82, 2.24) is 0 Å². The molecule has 5 rings (SSSR count). The molecule has 30 heavy (non-hydrogen) atoms. The molecule has 0 unspecified atom stereocenters. The summed E-state index contributed by atoms with van der Waals surface area (Å²) in [7, 11) is 0. The van der Waals surface area contributed by atoms with Gasteiger partial charge in [0.15, 0.2) is 0 Å². The standard InChI is InChI=1S/C27H19F2N/c28-21-14-10-18(11-15-21)25-23-8-4-5-9-24(23)26(19-6-2-1-3-7-19)30-27(25)20-12-16-22(29)17-13-20/h1-17,25,27H/t25-,27-/m0/s1. The van der Waals surface area contributed by atoms with Crippen LogP contribution in [0.3, 0.4) is 0 Å². The monoisotopic (exact) mass is 395 g/mol. The lowest BCUT2D eigenvalue weighted by molar-refractivity contribution is 0.602. The summed E-state index contributed by atoms with van der Waals surface area (Å²) >= 11 is 0. The number of halogens is 2. The molecule has 0 saturated heterocycles. The summed E-state index contributed by atoms with van der Waals surface area (Å²) in [6, 6.07) is 31.2. The van der Waals surface area contributed by atoms with E-state index in [4.69, 9.17) is 4.99 Å². The highest BCUT2D eigenvalue weighted by Crippen LogP contribution is 2.45. The van der Waals surface area contributed by atoms with Crippen LogP contribution in [-0.2, 0) is 0 Å². The van der Waals surface area contributed by atoms with Crippen LogP contribution in [0.25, 0.3) is 0 Å². The molecule has 0 fully saturated rings. The van der Waals surface area contributed by atoms with Gasteiger partial charge in [-0.05, 0) is 41.0 Å². The van der Waals surface area contributed by atoms with Crippen LogP contribution in [0.1, 0.15) is 39.8 Å². The van der Waals surface area contributed by atoms with Gasteiger partial charge >= 0.3 is 0 Å². The first-order chi connectivity index (χ1) is 14.7. The number of hydrogen-bond acceptors (Lipinski definition) is 1. The zero-order chi connectivity index (χ0) is 20.5. The zero-order valence-corrected chi connectivity index (χ0v) is 16.2. The topological polar surface area (TPSA) is 12.4 Å². The summed E-state index contributed by atoms with van der Waals surface area (Å²) < 4.78 is 27.2. The Hall–Kier alpha value is -3.59. The number of benzene rings is 4. The summed E-state index contributed by atoms with van der Waals surface area (Å²) in [5.74, 6) is -0.644. The van der Waals surface area contributed by atoms with Crippen molar-refractivity contribution >= 4 is 5.71 Å². The Kier molecular flexibility index (Phi) is 4.72. The third-order valence-electron chi connectivity index (χ3n) is 5.62. The third kappa shape index (κ3) is 3.33. The van der Waals surface area contributed by atoms with Gasteiger partial charge in [0.25, 0.3) is 0 Å². The van der Waals surface area contributed by atoms with Crippen molar-refractivity contribution in [2.24, 2.45) is 4.99 Å². The second kappa shape index (κ2) is 7.68. The van der Waals surface area contributed by atoms with E-state index in [0.717, 1.165) is 33.5 Å². The summed E-state index contributed by atoms with van der Waals surface area (Å²) in [6.07, 6.45) is 0. The van der Waals surface area contributed by atoms with Crippen LogP contribution in [0.5, 0.6) is 0 Å². The fraction of sp³-hybridized carbons (Fsp3) is 0.0741. The van der Waals surface area contributed by atoms with Crippen molar-refractivity contribution in [3.63, 3.8) is 0 Å². The van der Waals surface area contributed by atoms with Crippen LogP contribution in [0, 0.1) is 11.6 Å². The van der Waals surface area contributed by atoms with Crippen LogP contribution in [0.15, 0.2) is 108 Å². The van der Waals surface area contributed by atoms with Gasteiger partial charge in [-0.1, -0.05) is 78.9 Å². The highest BCUT2D eigenvalue weighted by molar-refractivity contribution is 6.14. The van der Waals surface area contributed by atoms with Crippen molar-refractivity contribution in [1.29, 1.82) is 0 Å². The molecule has 4 aromatic carbocycles. The van der Waals surface area contributed by atoms with Gasteiger partial charge in [-0.2, -0.15) is 0 Å². The summed E-state index contributed by atoms with van der Waals surface area (Å²) in [6.45, 7) is 0. The quantitative estimate of drug-likeness (QED) is 0.366. The van der Waals surface area contributed by atoms with E-state index in [2.05, 4.69) is 24.3 Å². The number of nitrogens with zero attached hydrogens (tertiary/aromatic N) is 1. The van der Waals surface area contributed by atoms with Crippen molar-refractivity contribution in [2.45, 2.75) is 12.0 Å². The number of rotatable bonds is 3. The SMILES string of the molecule is Fc1ccc([C@H]2c3ccccc3C(c3ccccc3)=N[C@H]2c2ccc(F)cc2)cc1. The molecule has 1 aliphatic rings. The Morgan fingerprint density at radius 3 is 1.80 bits per heavy atom. The lowest BCUT2D eigenvalue weighted by Crippen LogP contribution is -2.23. The van der Waals surface area contributed by atoms with E-state index in [9.17, 15) is 8.78 Å². The van der Waals surface area contributed by atoms with Crippen LogP contribution in [0.4, 0.5) is 8.78 Å². The van der Waals surface area contributed by atoms with Crippen molar-refractivity contribution in [3.05, 3.63) is 143 Å². The first-order valence-corrected chi connectivity index (χ1v) is 9.94. The maximum atomic E-state index is 13.6. The first-order valence-electron chi connectivity index (χ1n) is 9.94. The molecule has 0 amide bonds. The minimum Gasteiger partial charge on any atom is -0.275 e. The molecule has 0 saturated carbocycles. The fourth-order valence-electron chi connectivity index (χ4n) is 4.22. The normalized spacial score (nSPS) is 17.9. The molecule has 4 aromatic rings. The summed E-state index contributed by atoms with van der Waals surface area (Å²) in [4.78, 5) is 5.17. The summed E-state index contributed by atoms with van der Waals surface area (Å²) in [5, 5.41) is 0. The predicted molar refractivity (Wildman–Crippen MR) is 116 cm³/mol. The Morgan fingerprint density at radius 1 is 0.567 bits per heavy atom. The number of aliphatic imine (C=N–C) groups is 1. The molecule has 1 heterocycles. The first kappa shape index (κ1) is 18.4. The van der Waals surface area contributed by atoms with E-state index in [0.29, 0.717) is 0 Å². The Morgan fingerprint density at radius 2 is 1.13 bits per heavy atom. The van der Waals surface area contributed by atoms with Crippen molar-refractivity contribution < 1.29 is 8.78 Å². The molecular formula is C27H19F2N. The van der Waals surface area contributed by atoms with E-state index < -0.39 is 0 Å². The van der Waals surface area contributed by atoms with Gasteiger partial charge in [-0.3, -0.25) is 4.99 Å². The molecule has 146 valence electrons. The van der Waals surface area contributed by atoms with E-state index in [1.807, 2.05) is 42.5 Å². The lowest BCUT2D eigenvalue weighted by atomic mass is 9.76. The molecule has 3 heteroatoms. The van der Waals surface area contributed by atoms with Crippen LogP contribution >= 0.6 is 0 Å². The molecule has 1 aliphatic heterocycles. The van der Waals surface area contributed by atoms with Gasteiger partial charge in [0, 0.05) is 17.0 Å². The summed E-state index contributed by atoms with van der Waals surface area (Å²) in [5.41, 5.74) is 6.06. The maximum absolute atomic E-state index is 13.6. The van der Waals surface area contributed by atoms with Crippen LogP contribution in [-0.4, -0.2) is 5.71 Å². The van der Waals surface area contributed by atoms with Gasteiger partial charge in [0.2, 0.25) is 0 Å². The van der Waals surface area contributed by atoms with E-state index in [1.54, 1.807) is 12.1 Å². The minimum atomic E-state index is -0.277.